The topological polar surface area (TPSA) is 30.2 Å². The minimum Gasteiger partial charge on any atom is -0.452 e. The third-order valence-electron chi connectivity index (χ3n) is 3.48. The number of rotatable bonds is 2. The number of aryl methyl sites for hydroxylation is 2. The Labute approximate surface area is 126 Å². The molecule has 0 aliphatic carbocycles. The third kappa shape index (κ3) is 2.34. The summed E-state index contributed by atoms with van der Waals surface area (Å²) in [6, 6.07) is 9.64. The lowest BCUT2D eigenvalue weighted by Crippen LogP contribution is -2.01. The van der Waals surface area contributed by atoms with Gasteiger partial charge in [0.25, 0.3) is 0 Å². The molecule has 2 aromatic carbocycles. The van der Waals surface area contributed by atoms with Gasteiger partial charge in [-0.25, -0.2) is 4.39 Å². The van der Waals surface area contributed by atoms with Gasteiger partial charge in [0.1, 0.15) is 11.4 Å². The van der Waals surface area contributed by atoms with Crippen molar-refractivity contribution < 1.29 is 13.6 Å². The monoisotopic (exact) mass is 302 g/mol. The van der Waals surface area contributed by atoms with Gasteiger partial charge in [-0.15, -0.1) is 0 Å². The molecule has 0 N–H and O–H groups in total. The van der Waals surface area contributed by atoms with Crippen LogP contribution in [0.3, 0.4) is 0 Å². The van der Waals surface area contributed by atoms with Crippen molar-refractivity contribution in [1.29, 1.82) is 0 Å². The number of fused-ring (bicyclic) bond motifs is 1. The van der Waals surface area contributed by atoms with Gasteiger partial charge in [-0.3, -0.25) is 4.79 Å². The highest BCUT2D eigenvalue weighted by atomic mass is 35.5. The predicted molar refractivity (Wildman–Crippen MR) is 80.5 cm³/mol. The molecule has 0 aliphatic heterocycles. The van der Waals surface area contributed by atoms with Crippen LogP contribution >= 0.6 is 11.6 Å². The Morgan fingerprint density at radius 2 is 1.90 bits per heavy atom. The molecule has 0 spiro atoms. The average Bonchev–Trinajstić information content (AvgIpc) is 2.78. The zero-order chi connectivity index (χ0) is 15.1. The molecule has 0 saturated heterocycles. The summed E-state index contributed by atoms with van der Waals surface area (Å²) in [5, 5.41) is 0.831. The quantitative estimate of drug-likeness (QED) is 0.618. The fourth-order valence-corrected chi connectivity index (χ4v) is 2.50. The summed E-state index contributed by atoms with van der Waals surface area (Å²) in [4.78, 5) is 12.5. The molecule has 2 nitrogen and oxygen atoms in total. The van der Waals surface area contributed by atoms with Gasteiger partial charge in [0.15, 0.2) is 5.76 Å². The molecule has 106 valence electrons. The number of benzene rings is 2. The van der Waals surface area contributed by atoms with E-state index in [4.69, 9.17) is 16.0 Å². The molecular formula is C17H12ClFO2. The van der Waals surface area contributed by atoms with Crippen LogP contribution in [0.25, 0.3) is 11.0 Å². The molecule has 0 radical (unpaired) electrons. The smallest absolute Gasteiger partial charge is 0.228 e. The first-order chi connectivity index (χ1) is 9.97. The maximum atomic E-state index is 13.2. The molecule has 1 heterocycles. The Morgan fingerprint density at radius 3 is 2.62 bits per heavy atom. The number of hydrogen-bond acceptors (Lipinski definition) is 2. The number of ketones is 1. The summed E-state index contributed by atoms with van der Waals surface area (Å²) >= 11 is 5.73. The van der Waals surface area contributed by atoms with Gasteiger partial charge < -0.3 is 4.42 Å². The molecule has 3 rings (SSSR count). The first-order valence-corrected chi connectivity index (χ1v) is 6.84. The van der Waals surface area contributed by atoms with Crippen LogP contribution in [-0.2, 0) is 0 Å². The van der Waals surface area contributed by atoms with Crippen molar-refractivity contribution >= 4 is 28.4 Å². The molecule has 0 amide bonds. The number of carbonyl (C=O) groups is 1. The standard InChI is InChI=1S/C17H12ClFO2/c1-9-3-6-15-12(7-9)10(2)17(21-15)16(20)11-4-5-14(19)13(18)8-11/h3-8H,1-2H3. The molecule has 0 fully saturated rings. The van der Waals surface area contributed by atoms with E-state index in [0.29, 0.717) is 11.1 Å². The predicted octanol–water partition coefficient (Wildman–Crippen LogP) is 5.07. The second kappa shape index (κ2) is 5.01. The van der Waals surface area contributed by atoms with E-state index in [0.717, 1.165) is 16.5 Å². The summed E-state index contributed by atoms with van der Waals surface area (Å²) in [6.45, 7) is 3.82. The van der Waals surface area contributed by atoms with Crippen molar-refractivity contribution in [2.45, 2.75) is 13.8 Å². The fourth-order valence-electron chi connectivity index (χ4n) is 2.32. The lowest BCUT2D eigenvalue weighted by atomic mass is 10.0. The van der Waals surface area contributed by atoms with Crippen molar-refractivity contribution in [3.63, 3.8) is 0 Å². The van der Waals surface area contributed by atoms with E-state index in [1.54, 1.807) is 0 Å². The summed E-state index contributed by atoms with van der Waals surface area (Å²) in [5.74, 6) is -0.591. The van der Waals surface area contributed by atoms with Crippen LogP contribution in [0.5, 0.6) is 0 Å². The Bertz CT molecular complexity index is 865. The van der Waals surface area contributed by atoms with Crippen LogP contribution in [0.1, 0.15) is 27.2 Å². The van der Waals surface area contributed by atoms with Crippen molar-refractivity contribution in [2.75, 3.05) is 0 Å². The van der Waals surface area contributed by atoms with Gasteiger partial charge >= 0.3 is 0 Å². The largest absolute Gasteiger partial charge is 0.452 e. The van der Waals surface area contributed by atoms with E-state index < -0.39 is 5.82 Å². The third-order valence-corrected chi connectivity index (χ3v) is 3.77. The second-order valence-corrected chi connectivity index (χ2v) is 5.42. The molecule has 0 unspecified atom stereocenters. The van der Waals surface area contributed by atoms with E-state index in [2.05, 4.69) is 0 Å². The summed E-state index contributed by atoms with van der Waals surface area (Å²) in [6.07, 6.45) is 0. The number of furan rings is 1. The van der Waals surface area contributed by atoms with E-state index in [1.807, 2.05) is 32.0 Å². The Morgan fingerprint density at radius 1 is 1.14 bits per heavy atom. The van der Waals surface area contributed by atoms with Gasteiger partial charge in [0.2, 0.25) is 5.78 Å². The molecule has 0 aliphatic rings. The summed E-state index contributed by atoms with van der Waals surface area (Å²) in [7, 11) is 0. The average molecular weight is 303 g/mol. The van der Waals surface area contributed by atoms with E-state index in [9.17, 15) is 9.18 Å². The van der Waals surface area contributed by atoms with Crippen LogP contribution in [0.15, 0.2) is 40.8 Å². The first kappa shape index (κ1) is 13.8. The fraction of sp³-hybridized carbons (Fsp3) is 0.118. The summed E-state index contributed by atoms with van der Waals surface area (Å²) in [5.41, 5.74) is 2.84. The molecule has 21 heavy (non-hydrogen) atoms. The minimum atomic E-state index is -0.551. The van der Waals surface area contributed by atoms with Crippen LogP contribution in [-0.4, -0.2) is 5.78 Å². The Kier molecular flexibility index (Phi) is 3.30. The van der Waals surface area contributed by atoms with E-state index >= 15 is 0 Å². The zero-order valence-electron chi connectivity index (χ0n) is 11.5. The molecule has 0 atom stereocenters. The Hall–Kier alpha value is -2.13. The Balaban J connectivity index is 2.13. The minimum absolute atomic E-state index is 0.0783. The van der Waals surface area contributed by atoms with Gasteiger partial charge in [-0.1, -0.05) is 23.2 Å². The maximum Gasteiger partial charge on any atom is 0.228 e. The maximum absolute atomic E-state index is 13.2. The first-order valence-electron chi connectivity index (χ1n) is 6.47. The lowest BCUT2D eigenvalue weighted by molar-refractivity contribution is 0.101. The number of halogens is 2. The summed E-state index contributed by atoms with van der Waals surface area (Å²) < 4.78 is 18.8. The lowest BCUT2D eigenvalue weighted by Gasteiger charge is -2.00. The van der Waals surface area contributed by atoms with Crippen molar-refractivity contribution in [3.05, 3.63) is 69.7 Å². The molecule has 4 heteroatoms. The second-order valence-electron chi connectivity index (χ2n) is 5.01. The van der Waals surface area contributed by atoms with Gasteiger partial charge in [0.05, 0.1) is 5.02 Å². The van der Waals surface area contributed by atoms with E-state index in [1.165, 1.54) is 18.2 Å². The molecule has 0 bridgehead atoms. The SMILES string of the molecule is Cc1ccc2oc(C(=O)c3ccc(F)c(Cl)c3)c(C)c2c1. The van der Waals surface area contributed by atoms with Crippen LogP contribution in [0.4, 0.5) is 4.39 Å². The highest BCUT2D eigenvalue weighted by molar-refractivity contribution is 6.31. The van der Waals surface area contributed by atoms with Crippen LogP contribution < -0.4 is 0 Å². The van der Waals surface area contributed by atoms with E-state index in [-0.39, 0.29) is 16.6 Å². The normalized spacial score (nSPS) is 11.0. The van der Waals surface area contributed by atoms with Crippen molar-refractivity contribution in [1.82, 2.24) is 0 Å². The van der Waals surface area contributed by atoms with Crippen LogP contribution in [0.2, 0.25) is 5.02 Å². The van der Waals surface area contributed by atoms with Gasteiger partial charge in [-0.05, 0) is 44.2 Å². The van der Waals surface area contributed by atoms with Crippen LogP contribution in [0, 0.1) is 19.7 Å². The molecule has 0 saturated carbocycles. The van der Waals surface area contributed by atoms with Crippen molar-refractivity contribution in [2.24, 2.45) is 0 Å². The highest BCUT2D eigenvalue weighted by Gasteiger charge is 2.20. The van der Waals surface area contributed by atoms with Crippen molar-refractivity contribution in [3.8, 4) is 0 Å². The zero-order valence-corrected chi connectivity index (χ0v) is 12.3. The number of carbonyl (C=O) groups excluding carboxylic acids is 1. The molecule has 3 aromatic rings. The van der Waals surface area contributed by atoms with Gasteiger partial charge in [0, 0.05) is 16.5 Å². The molecule has 1 aromatic heterocycles. The number of hydrogen-bond donors (Lipinski definition) is 0. The van der Waals surface area contributed by atoms with Gasteiger partial charge in [-0.2, -0.15) is 0 Å². The highest BCUT2D eigenvalue weighted by Crippen LogP contribution is 2.28. The molecular weight excluding hydrogens is 291 g/mol.